The summed E-state index contributed by atoms with van der Waals surface area (Å²) in [5, 5.41) is 0. The average molecular weight is 516 g/mol. The Hall–Kier alpha value is -2.39. The van der Waals surface area contributed by atoms with Crippen molar-refractivity contribution in [2.75, 3.05) is 51.5 Å². The number of likely N-dealkylation sites (tertiary alicyclic amines) is 2. The molecular weight excluding hydrogens is 477 g/mol. The van der Waals surface area contributed by atoms with Gasteiger partial charge in [-0.3, -0.25) is 9.80 Å². The molecule has 0 radical (unpaired) electrons. The number of nitrogens with zero attached hydrogens (tertiary/aromatic N) is 3. The first-order chi connectivity index (χ1) is 17.9. The molecule has 4 atom stereocenters. The number of carbonyl (C=O) groups excluding carboxylic acids is 2. The molecule has 0 N–H and O–H groups in total. The summed E-state index contributed by atoms with van der Waals surface area (Å²) < 4.78 is 30.3. The lowest BCUT2D eigenvalue weighted by atomic mass is 9.74. The molecule has 2 saturated carbocycles. The predicted octanol–water partition coefficient (Wildman–Crippen LogP) is 4.30. The third-order valence-electron chi connectivity index (χ3n) is 9.80. The van der Waals surface area contributed by atoms with E-state index in [9.17, 15) is 14.0 Å². The van der Waals surface area contributed by atoms with Crippen molar-refractivity contribution < 1.29 is 28.2 Å². The number of methoxy groups -OCH3 is 1. The molecule has 8 nitrogen and oxygen atoms in total. The maximum atomic E-state index is 14.4. The van der Waals surface area contributed by atoms with E-state index in [1.165, 1.54) is 12.5 Å². The predicted molar refractivity (Wildman–Crippen MR) is 135 cm³/mol. The van der Waals surface area contributed by atoms with Crippen LogP contribution in [-0.2, 0) is 19.6 Å². The fourth-order valence-electron chi connectivity index (χ4n) is 8.05. The Morgan fingerprint density at radius 1 is 1.08 bits per heavy atom. The Kier molecular flexibility index (Phi) is 6.34. The zero-order chi connectivity index (χ0) is 25.8. The Bertz CT molecular complexity index is 1060. The van der Waals surface area contributed by atoms with Crippen molar-refractivity contribution >= 4 is 17.9 Å². The van der Waals surface area contributed by atoms with Gasteiger partial charge in [-0.1, -0.05) is 6.92 Å². The number of carbonyl (C=O) groups is 2. The third-order valence-corrected chi connectivity index (χ3v) is 9.80. The highest BCUT2D eigenvalue weighted by Gasteiger charge is 2.75. The molecule has 6 rings (SSSR count). The van der Waals surface area contributed by atoms with E-state index in [2.05, 4.69) is 4.90 Å². The highest BCUT2D eigenvalue weighted by atomic mass is 19.1. The van der Waals surface area contributed by atoms with Crippen molar-refractivity contribution in [3.8, 4) is 0 Å². The second kappa shape index (κ2) is 9.42. The molecule has 4 fully saturated rings. The highest BCUT2D eigenvalue weighted by Crippen LogP contribution is 2.65. The standard InChI is InChI=1S/C28H38FN3O5/c1-3-12-36-26(34)32-24-7-4-19-15-21(17-28(19,24)32)30-10-8-27(9-11-30)18-31(25(33)37-14-13-35-2)23-6-5-20(29)16-22(23)27/h5-6,16,19,21,24H,3-4,7-15,17-18H2,1-2H3. The number of anilines is 1. The van der Waals surface area contributed by atoms with Crippen molar-refractivity contribution in [1.82, 2.24) is 9.80 Å². The van der Waals surface area contributed by atoms with Gasteiger partial charge in [0.15, 0.2) is 0 Å². The summed E-state index contributed by atoms with van der Waals surface area (Å²) in [6.07, 6.45) is 6.50. The van der Waals surface area contributed by atoms with Gasteiger partial charge in [0.2, 0.25) is 0 Å². The molecule has 2 spiro atoms. The molecule has 202 valence electrons. The second-order valence-corrected chi connectivity index (χ2v) is 11.5. The van der Waals surface area contributed by atoms with Crippen LogP contribution in [0.25, 0.3) is 0 Å². The normalized spacial score (nSPS) is 31.3. The molecule has 4 unspecified atom stereocenters. The number of hydrogen-bond acceptors (Lipinski definition) is 6. The first kappa shape index (κ1) is 24.9. The van der Waals surface area contributed by atoms with Crippen LogP contribution in [0.3, 0.4) is 0 Å². The van der Waals surface area contributed by atoms with Crippen LogP contribution >= 0.6 is 0 Å². The van der Waals surface area contributed by atoms with Gasteiger partial charge >= 0.3 is 12.2 Å². The summed E-state index contributed by atoms with van der Waals surface area (Å²) in [7, 11) is 1.57. The van der Waals surface area contributed by atoms with Crippen molar-refractivity contribution in [3.63, 3.8) is 0 Å². The molecule has 37 heavy (non-hydrogen) atoms. The van der Waals surface area contributed by atoms with Crippen molar-refractivity contribution in [2.24, 2.45) is 5.92 Å². The topological polar surface area (TPSA) is 71.3 Å². The number of ether oxygens (including phenoxy) is 3. The first-order valence-corrected chi connectivity index (χ1v) is 13.9. The van der Waals surface area contributed by atoms with Gasteiger partial charge in [0, 0.05) is 25.1 Å². The van der Waals surface area contributed by atoms with E-state index in [-0.39, 0.29) is 29.5 Å². The molecule has 2 saturated heterocycles. The number of amides is 2. The molecule has 0 bridgehead atoms. The quantitative estimate of drug-likeness (QED) is 0.416. The third kappa shape index (κ3) is 3.92. The van der Waals surface area contributed by atoms with E-state index in [0.29, 0.717) is 37.8 Å². The molecule has 3 heterocycles. The smallest absolute Gasteiger partial charge is 0.414 e. The fourth-order valence-corrected chi connectivity index (χ4v) is 8.05. The minimum Gasteiger partial charge on any atom is -0.449 e. The van der Waals surface area contributed by atoms with Gasteiger partial charge in [-0.2, -0.15) is 0 Å². The van der Waals surface area contributed by atoms with Crippen LogP contribution in [0.2, 0.25) is 0 Å². The van der Waals surface area contributed by atoms with E-state index in [0.717, 1.165) is 62.9 Å². The molecule has 0 aromatic heterocycles. The van der Waals surface area contributed by atoms with Gasteiger partial charge in [-0.05, 0) is 87.7 Å². The average Bonchev–Trinajstić information content (AvgIpc) is 3.14. The largest absolute Gasteiger partial charge is 0.449 e. The maximum absolute atomic E-state index is 14.4. The van der Waals surface area contributed by atoms with E-state index in [1.54, 1.807) is 24.1 Å². The molecule has 2 aliphatic carbocycles. The first-order valence-electron chi connectivity index (χ1n) is 13.9. The van der Waals surface area contributed by atoms with Crippen LogP contribution < -0.4 is 4.90 Å². The van der Waals surface area contributed by atoms with E-state index < -0.39 is 6.09 Å². The zero-order valence-corrected chi connectivity index (χ0v) is 21.9. The summed E-state index contributed by atoms with van der Waals surface area (Å²) in [6.45, 7) is 5.36. The molecule has 5 aliphatic rings. The molecular formula is C28H38FN3O5. The van der Waals surface area contributed by atoms with Crippen LogP contribution in [0.4, 0.5) is 19.7 Å². The Morgan fingerprint density at radius 3 is 2.62 bits per heavy atom. The minimum atomic E-state index is -0.401. The van der Waals surface area contributed by atoms with Gasteiger partial charge < -0.3 is 19.1 Å². The summed E-state index contributed by atoms with van der Waals surface area (Å²) >= 11 is 0. The van der Waals surface area contributed by atoms with Crippen LogP contribution in [0.15, 0.2) is 18.2 Å². The van der Waals surface area contributed by atoms with Gasteiger partial charge in [-0.15, -0.1) is 0 Å². The summed E-state index contributed by atoms with van der Waals surface area (Å²) in [5.74, 6) is 0.291. The lowest BCUT2D eigenvalue weighted by Crippen LogP contribution is -2.49. The lowest BCUT2D eigenvalue weighted by molar-refractivity contribution is 0.0987. The van der Waals surface area contributed by atoms with E-state index >= 15 is 0 Å². The number of hydrogen-bond donors (Lipinski definition) is 0. The molecule has 2 amide bonds. The zero-order valence-electron chi connectivity index (χ0n) is 21.9. The molecule has 9 heteroatoms. The molecule has 1 aromatic rings. The van der Waals surface area contributed by atoms with E-state index in [1.807, 2.05) is 11.8 Å². The van der Waals surface area contributed by atoms with Crippen LogP contribution in [-0.4, -0.2) is 86.2 Å². The number of rotatable bonds is 6. The number of benzene rings is 1. The highest BCUT2D eigenvalue weighted by molar-refractivity contribution is 5.91. The van der Waals surface area contributed by atoms with Gasteiger partial charge in [0.1, 0.15) is 12.4 Å². The molecule has 1 aromatic carbocycles. The Labute approximate surface area is 218 Å². The summed E-state index contributed by atoms with van der Waals surface area (Å²) in [6, 6.07) is 5.55. The van der Waals surface area contributed by atoms with Gasteiger partial charge in [-0.25, -0.2) is 14.0 Å². The fraction of sp³-hybridized carbons (Fsp3) is 0.714. The SMILES string of the molecule is CCCOC(=O)N1C2CCC3CC(N4CCC5(CC4)CN(C(=O)OCCOC)c4ccc(F)cc45)CC321. The monoisotopic (exact) mass is 515 g/mol. The summed E-state index contributed by atoms with van der Waals surface area (Å²) in [4.78, 5) is 31.9. The minimum absolute atomic E-state index is 0.0104. The number of halogens is 1. The van der Waals surface area contributed by atoms with Crippen molar-refractivity contribution in [2.45, 2.75) is 74.9 Å². The van der Waals surface area contributed by atoms with E-state index in [4.69, 9.17) is 14.2 Å². The Balaban J connectivity index is 1.13. The number of fused-ring (bicyclic) bond motifs is 2. The van der Waals surface area contributed by atoms with Crippen molar-refractivity contribution in [3.05, 3.63) is 29.6 Å². The maximum Gasteiger partial charge on any atom is 0.414 e. The lowest BCUT2D eigenvalue weighted by Gasteiger charge is -2.42. The van der Waals surface area contributed by atoms with Crippen molar-refractivity contribution in [1.29, 1.82) is 0 Å². The van der Waals surface area contributed by atoms with Gasteiger partial charge in [0.05, 0.1) is 30.5 Å². The second-order valence-electron chi connectivity index (χ2n) is 11.5. The summed E-state index contributed by atoms with van der Waals surface area (Å²) in [5.41, 5.74) is 1.42. The van der Waals surface area contributed by atoms with Crippen LogP contribution in [0.5, 0.6) is 0 Å². The molecule has 3 aliphatic heterocycles. The Morgan fingerprint density at radius 2 is 1.86 bits per heavy atom. The van der Waals surface area contributed by atoms with Gasteiger partial charge in [0.25, 0.3) is 0 Å². The van der Waals surface area contributed by atoms with Crippen LogP contribution in [0.1, 0.15) is 57.4 Å². The van der Waals surface area contributed by atoms with Crippen LogP contribution in [0, 0.1) is 11.7 Å². The number of piperidine rings is 2.